The zero-order valence-corrected chi connectivity index (χ0v) is 12.2. The van der Waals surface area contributed by atoms with Gasteiger partial charge in [-0.05, 0) is 19.1 Å². The Kier molecular flexibility index (Phi) is 5.20. The SMILES string of the molecule is CC(Cn1ccnc1)NC(=O)c1cccnc1OCC(F)(F)F. The maximum Gasteiger partial charge on any atom is 0.422 e. The van der Waals surface area contributed by atoms with Crippen LogP contribution in [-0.2, 0) is 6.54 Å². The predicted molar refractivity (Wildman–Crippen MR) is 74.9 cm³/mol. The molecular weight excluding hydrogens is 313 g/mol. The third-order valence-corrected chi connectivity index (χ3v) is 2.81. The molecule has 1 amide bonds. The van der Waals surface area contributed by atoms with Gasteiger partial charge in [-0.3, -0.25) is 4.79 Å². The van der Waals surface area contributed by atoms with E-state index in [0.717, 1.165) is 0 Å². The van der Waals surface area contributed by atoms with E-state index < -0.39 is 18.7 Å². The number of halogens is 3. The molecular formula is C14H15F3N4O2. The van der Waals surface area contributed by atoms with Crippen LogP contribution in [0, 0.1) is 0 Å². The van der Waals surface area contributed by atoms with Crippen molar-refractivity contribution in [2.24, 2.45) is 0 Å². The van der Waals surface area contributed by atoms with E-state index >= 15 is 0 Å². The number of pyridine rings is 1. The summed E-state index contributed by atoms with van der Waals surface area (Å²) in [5.74, 6) is -0.903. The molecule has 0 spiro atoms. The number of carbonyl (C=O) groups excluding carboxylic acids is 1. The molecule has 0 aliphatic heterocycles. The first-order valence-corrected chi connectivity index (χ1v) is 6.76. The lowest BCUT2D eigenvalue weighted by molar-refractivity contribution is -0.154. The molecule has 1 unspecified atom stereocenters. The normalized spacial score (nSPS) is 12.7. The van der Waals surface area contributed by atoms with Crippen molar-refractivity contribution in [3.05, 3.63) is 42.6 Å². The number of ether oxygens (including phenoxy) is 1. The first kappa shape index (κ1) is 16.8. The highest BCUT2D eigenvalue weighted by Gasteiger charge is 2.29. The number of imidazole rings is 1. The highest BCUT2D eigenvalue weighted by Crippen LogP contribution is 2.20. The molecule has 0 saturated heterocycles. The smallest absolute Gasteiger partial charge is 0.422 e. The maximum atomic E-state index is 12.2. The number of carbonyl (C=O) groups is 1. The first-order chi connectivity index (χ1) is 10.8. The molecule has 0 aromatic carbocycles. The van der Waals surface area contributed by atoms with Crippen LogP contribution in [-0.4, -0.2) is 39.3 Å². The lowest BCUT2D eigenvalue weighted by atomic mass is 10.2. The number of hydrogen-bond donors (Lipinski definition) is 1. The molecule has 2 rings (SSSR count). The molecule has 0 bridgehead atoms. The van der Waals surface area contributed by atoms with Gasteiger partial charge in [0.25, 0.3) is 5.91 Å². The third kappa shape index (κ3) is 5.28. The van der Waals surface area contributed by atoms with Gasteiger partial charge >= 0.3 is 6.18 Å². The standard InChI is InChI=1S/C14H15F3N4O2/c1-10(7-21-6-5-18-9-21)20-12(22)11-3-2-4-19-13(11)23-8-14(15,16)17/h2-6,9-10H,7-8H2,1H3,(H,20,22). The third-order valence-electron chi connectivity index (χ3n) is 2.81. The summed E-state index contributed by atoms with van der Waals surface area (Å²) in [5.41, 5.74) is -0.0470. The average Bonchev–Trinajstić information content (AvgIpc) is 2.97. The van der Waals surface area contributed by atoms with Crippen LogP contribution in [0.25, 0.3) is 0 Å². The largest absolute Gasteiger partial charge is 0.467 e. The lowest BCUT2D eigenvalue weighted by Gasteiger charge is -2.16. The van der Waals surface area contributed by atoms with Crippen molar-refractivity contribution >= 4 is 5.91 Å². The summed E-state index contributed by atoms with van der Waals surface area (Å²) >= 11 is 0. The van der Waals surface area contributed by atoms with Crippen molar-refractivity contribution in [2.45, 2.75) is 25.7 Å². The van der Waals surface area contributed by atoms with Crippen LogP contribution in [0.4, 0.5) is 13.2 Å². The van der Waals surface area contributed by atoms with E-state index in [0.29, 0.717) is 6.54 Å². The molecule has 2 aromatic rings. The Hall–Kier alpha value is -2.58. The molecule has 9 heteroatoms. The van der Waals surface area contributed by atoms with Gasteiger partial charge < -0.3 is 14.6 Å². The predicted octanol–water partition coefficient (Wildman–Crippen LogP) is 2.04. The van der Waals surface area contributed by atoms with Crippen molar-refractivity contribution < 1.29 is 22.7 Å². The molecule has 0 radical (unpaired) electrons. The Balaban J connectivity index is 2.01. The summed E-state index contributed by atoms with van der Waals surface area (Å²) < 4.78 is 43.1. The van der Waals surface area contributed by atoms with E-state index in [1.807, 2.05) is 0 Å². The maximum absolute atomic E-state index is 12.2. The number of hydrogen-bond acceptors (Lipinski definition) is 4. The number of rotatable bonds is 6. The van der Waals surface area contributed by atoms with Crippen LogP contribution in [0.1, 0.15) is 17.3 Å². The second-order valence-electron chi connectivity index (χ2n) is 4.89. The monoisotopic (exact) mass is 328 g/mol. The van der Waals surface area contributed by atoms with Crippen LogP contribution in [0.15, 0.2) is 37.1 Å². The van der Waals surface area contributed by atoms with Crippen molar-refractivity contribution in [3.8, 4) is 5.88 Å². The molecule has 0 aliphatic rings. The second-order valence-corrected chi connectivity index (χ2v) is 4.89. The molecule has 124 valence electrons. The van der Waals surface area contributed by atoms with Crippen molar-refractivity contribution in [1.29, 1.82) is 0 Å². The van der Waals surface area contributed by atoms with Crippen LogP contribution < -0.4 is 10.1 Å². The molecule has 23 heavy (non-hydrogen) atoms. The van der Waals surface area contributed by atoms with Gasteiger partial charge in [-0.1, -0.05) is 0 Å². The summed E-state index contributed by atoms with van der Waals surface area (Å²) in [4.78, 5) is 19.8. The highest BCUT2D eigenvalue weighted by atomic mass is 19.4. The number of amides is 1. The Labute approximate surface area is 130 Å². The molecule has 2 aromatic heterocycles. The van der Waals surface area contributed by atoms with Crippen molar-refractivity contribution in [1.82, 2.24) is 19.9 Å². The van der Waals surface area contributed by atoms with Gasteiger partial charge in [0.15, 0.2) is 6.61 Å². The van der Waals surface area contributed by atoms with Crippen LogP contribution in [0.2, 0.25) is 0 Å². The Morgan fingerprint density at radius 3 is 2.87 bits per heavy atom. The topological polar surface area (TPSA) is 69.0 Å². The minimum absolute atomic E-state index is 0.0470. The Morgan fingerprint density at radius 2 is 2.22 bits per heavy atom. The van der Waals surface area contributed by atoms with E-state index in [1.165, 1.54) is 18.3 Å². The van der Waals surface area contributed by atoms with E-state index in [2.05, 4.69) is 20.0 Å². The minimum Gasteiger partial charge on any atom is -0.467 e. The number of alkyl halides is 3. The van der Waals surface area contributed by atoms with Gasteiger partial charge in [-0.2, -0.15) is 13.2 Å². The quantitative estimate of drug-likeness (QED) is 0.881. The fourth-order valence-corrected chi connectivity index (χ4v) is 1.89. The van der Waals surface area contributed by atoms with Gasteiger partial charge in [-0.15, -0.1) is 0 Å². The fraction of sp³-hybridized carbons (Fsp3) is 0.357. The van der Waals surface area contributed by atoms with Crippen molar-refractivity contribution in [2.75, 3.05) is 6.61 Å². The highest BCUT2D eigenvalue weighted by molar-refractivity contribution is 5.96. The first-order valence-electron chi connectivity index (χ1n) is 6.76. The lowest BCUT2D eigenvalue weighted by Crippen LogP contribution is -2.36. The van der Waals surface area contributed by atoms with Crippen LogP contribution in [0.5, 0.6) is 5.88 Å². The molecule has 6 nitrogen and oxygen atoms in total. The Morgan fingerprint density at radius 1 is 1.43 bits per heavy atom. The molecule has 1 N–H and O–H groups in total. The van der Waals surface area contributed by atoms with Crippen molar-refractivity contribution in [3.63, 3.8) is 0 Å². The van der Waals surface area contributed by atoms with Gasteiger partial charge in [0.1, 0.15) is 5.56 Å². The number of nitrogens with zero attached hydrogens (tertiary/aromatic N) is 3. The zero-order chi connectivity index (χ0) is 16.9. The summed E-state index contributed by atoms with van der Waals surface area (Å²) in [7, 11) is 0. The van der Waals surface area contributed by atoms with E-state index in [1.54, 1.807) is 30.2 Å². The molecule has 1 atom stereocenters. The molecule has 0 aliphatic carbocycles. The summed E-state index contributed by atoms with van der Waals surface area (Å²) in [5, 5.41) is 2.68. The van der Waals surface area contributed by atoms with Crippen LogP contribution in [0.3, 0.4) is 0 Å². The summed E-state index contributed by atoms with van der Waals surface area (Å²) in [6.07, 6.45) is 1.71. The van der Waals surface area contributed by atoms with Gasteiger partial charge in [0.2, 0.25) is 5.88 Å². The van der Waals surface area contributed by atoms with Crippen LogP contribution >= 0.6 is 0 Å². The zero-order valence-electron chi connectivity index (χ0n) is 12.2. The van der Waals surface area contributed by atoms with Gasteiger partial charge in [-0.25, -0.2) is 9.97 Å². The summed E-state index contributed by atoms with van der Waals surface area (Å²) in [6.45, 7) is 0.740. The van der Waals surface area contributed by atoms with Gasteiger partial charge in [0, 0.05) is 31.2 Å². The van der Waals surface area contributed by atoms with E-state index in [4.69, 9.17) is 0 Å². The molecule has 0 fully saturated rings. The number of aromatic nitrogens is 3. The average molecular weight is 328 g/mol. The molecule has 2 heterocycles. The van der Waals surface area contributed by atoms with Gasteiger partial charge in [0.05, 0.1) is 6.33 Å². The minimum atomic E-state index is -4.50. The summed E-state index contributed by atoms with van der Waals surface area (Å²) in [6, 6.07) is 2.56. The van der Waals surface area contributed by atoms with E-state index in [9.17, 15) is 18.0 Å². The molecule has 0 saturated carbocycles. The second kappa shape index (κ2) is 7.12. The Bertz CT molecular complexity index is 644. The van der Waals surface area contributed by atoms with E-state index in [-0.39, 0.29) is 17.5 Å². The fourth-order valence-electron chi connectivity index (χ4n) is 1.89. The number of nitrogens with one attached hydrogen (secondary N) is 1.